The zero-order valence-corrected chi connectivity index (χ0v) is 21.3. The van der Waals surface area contributed by atoms with E-state index in [9.17, 15) is 14.7 Å². The number of Topliss-reactive ketones (excluding diaryl/α,β-unsaturated/α-hetero) is 1. The van der Waals surface area contributed by atoms with E-state index in [1.165, 1.54) is 23.3 Å². The Balaban J connectivity index is 1.90. The molecule has 1 unspecified atom stereocenters. The van der Waals surface area contributed by atoms with E-state index in [-0.39, 0.29) is 16.5 Å². The van der Waals surface area contributed by atoms with Crippen molar-refractivity contribution in [2.75, 3.05) is 25.2 Å². The summed E-state index contributed by atoms with van der Waals surface area (Å²) in [5.74, 6) is -0.278. The van der Waals surface area contributed by atoms with Crippen molar-refractivity contribution in [2.24, 2.45) is 0 Å². The van der Waals surface area contributed by atoms with Crippen LogP contribution in [0.5, 0.6) is 17.2 Å². The number of ketones is 1. The van der Waals surface area contributed by atoms with Gasteiger partial charge in [0.25, 0.3) is 5.78 Å². The molecule has 1 fully saturated rings. The predicted molar refractivity (Wildman–Crippen MR) is 136 cm³/mol. The van der Waals surface area contributed by atoms with Gasteiger partial charge in [0.05, 0.1) is 31.9 Å². The summed E-state index contributed by atoms with van der Waals surface area (Å²) in [5, 5.41) is 20.3. The second kappa shape index (κ2) is 10.8. The van der Waals surface area contributed by atoms with Crippen LogP contribution in [-0.2, 0) is 9.59 Å². The van der Waals surface area contributed by atoms with Crippen molar-refractivity contribution in [3.63, 3.8) is 0 Å². The van der Waals surface area contributed by atoms with Gasteiger partial charge in [-0.1, -0.05) is 24.3 Å². The van der Waals surface area contributed by atoms with Crippen molar-refractivity contribution in [3.05, 3.63) is 64.2 Å². The van der Waals surface area contributed by atoms with Crippen molar-refractivity contribution in [1.29, 1.82) is 0 Å². The highest BCUT2D eigenvalue weighted by atomic mass is 32.1. The number of rotatable bonds is 9. The molecule has 0 aliphatic carbocycles. The first-order chi connectivity index (χ1) is 17.4. The molecule has 2 heterocycles. The minimum Gasteiger partial charge on any atom is -0.507 e. The highest BCUT2D eigenvalue weighted by Crippen LogP contribution is 2.44. The number of aryl methyl sites for hydroxylation is 1. The number of hydrogen-bond donors (Lipinski definition) is 1. The number of hydrogen-bond acceptors (Lipinski definition) is 9. The molecule has 1 N–H and O–H groups in total. The number of benzene rings is 2. The topological polar surface area (TPSA) is 111 Å². The summed E-state index contributed by atoms with van der Waals surface area (Å²) in [4.78, 5) is 27.8. The van der Waals surface area contributed by atoms with E-state index in [0.717, 1.165) is 6.42 Å². The maximum absolute atomic E-state index is 13.3. The molecule has 1 aromatic heterocycles. The fourth-order valence-electron chi connectivity index (χ4n) is 3.93. The van der Waals surface area contributed by atoms with E-state index in [4.69, 9.17) is 14.2 Å². The second-order valence-electron chi connectivity index (χ2n) is 7.99. The third-order valence-electron chi connectivity index (χ3n) is 5.57. The van der Waals surface area contributed by atoms with E-state index >= 15 is 0 Å². The van der Waals surface area contributed by atoms with Crippen molar-refractivity contribution in [2.45, 2.75) is 33.2 Å². The number of ether oxygens (including phenoxy) is 3. The van der Waals surface area contributed by atoms with Crippen LogP contribution >= 0.6 is 11.3 Å². The summed E-state index contributed by atoms with van der Waals surface area (Å²) in [7, 11) is 1.54. The number of aliphatic hydroxyl groups is 1. The van der Waals surface area contributed by atoms with E-state index in [1.54, 1.807) is 49.4 Å². The number of carbonyl (C=O) groups excluding carboxylic acids is 2. The van der Waals surface area contributed by atoms with Crippen LogP contribution in [0.25, 0.3) is 5.76 Å². The number of anilines is 1. The van der Waals surface area contributed by atoms with Crippen LogP contribution in [0.15, 0.2) is 48.0 Å². The first kappa shape index (κ1) is 25.2. The molecule has 1 saturated heterocycles. The molecule has 1 aliphatic heterocycles. The normalized spacial score (nSPS) is 16.9. The van der Waals surface area contributed by atoms with Gasteiger partial charge in [-0.2, -0.15) is 0 Å². The molecule has 3 aromatic rings. The fourth-order valence-corrected chi connectivity index (χ4v) is 4.64. The van der Waals surface area contributed by atoms with Gasteiger partial charge in [-0.25, -0.2) is 0 Å². The molecule has 0 spiro atoms. The summed E-state index contributed by atoms with van der Waals surface area (Å²) in [6, 6.07) is 10.9. The molecular formula is C26H27N3O6S. The van der Waals surface area contributed by atoms with Gasteiger partial charge in [0.1, 0.15) is 16.5 Å². The van der Waals surface area contributed by atoms with Crippen LogP contribution in [0.4, 0.5) is 5.13 Å². The Hall–Kier alpha value is -3.92. The molecule has 4 rings (SSSR count). The van der Waals surface area contributed by atoms with E-state index < -0.39 is 17.7 Å². The van der Waals surface area contributed by atoms with Crippen molar-refractivity contribution < 1.29 is 28.9 Å². The Morgan fingerprint density at radius 2 is 1.81 bits per heavy atom. The van der Waals surface area contributed by atoms with Crippen LogP contribution in [0, 0.1) is 6.92 Å². The lowest BCUT2D eigenvalue weighted by molar-refractivity contribution is -0.132. The summed E-state index contributed by atoms with van der Waals surface area (Å²) in [6.07, 6.45) is 0.825. The van der Waals surface area contributed by atoms with Gasteiger partial charge >= 0.3 is 5.91 Å². The van der Waals surface area contributed by atoms with Crippen molar-refractivity contribution in [1.82, 2.24) is 10.2 Å². The fraction of sp³-hybridized carbons (Fsp3) is 0.308. The molecule has 1 amide bonds. The zero-order chi connectivity index (χ0) is 25.8. The minimum atomic E-state index is -0.945. The van der Waals surface area contributed by atoms with Crippen LogP contribution in [0.2, 0.25) is 0 Å². The largest absolute Gasteiger partial charge is 0.507 e. The molecule has 2 aromatic carbocycles. The Morgan fingerprint density at radius 1 is 1.06 bits per heavy atom. The van der Waals surface area contributed by atoms with Crippen LogP contribution in [0.3, 0.4) is 0 Å². The van der Waals surface area contributed by atoms with E-state index in [2.05, 4.69) is 10.2 Å². The first-order valence-electron chi connectivity index (χ1n) is 11.5. The summed E-state index contributed by atoms with van der Waals surface area (Å²) in [5.41, 5.74) is 0.882. The summed E-state index contributed by atoms with van der Waals surface area (Å²) >= 11 is 1.19. The van der Waals surface area contributed by atoms with Crippen LogP contribution in [-0.4, -0.2) is 47.3 Å². The van der Waals surface area contributed by atoms with Crippen molar-refractivity contribution >= 4 is 33.9 Å². The summed E-state index contributed by atoms with van der Waals surface area (Å²) < 4.78 is 16.8. The van der Waals surface area contributed by atoms with Gasteiger partial charge in [0.15, 0.2) is 11.5 Å². The average molecular weight is 510 g/mol. The van der Waals surface area contributed by atoms with Crippen molar-refractivity contribution in [3.8, 4) is 17.2 Å². The number of amides is 1. The molecule has 36 heavy (non-hydrogen) atoms. The van der Waals surface area contributed by atoms with Crippen LogP contribution < -0.4 is 19.1 Å². The molecule has 0 bridgehead atoms. The number of aromatic nitrogens is 2. The monoisotopic (exact) mass is 509 g/mol. The third kappa shape index (κ3) is 4.76. The average Bonchev–Trinajstić information content (AvgIpc) is 3.43. The molecule has 10 heteroatoms. The van der Waals surface area contributed by atoms with Gasteiger partial charge in [-0.05, 0) is 62.2 Å². The maximum atomic E-state index is 13.3. The van der Waals surface area contributed by atoms with Gasteiger partial charge in [0.2, 0.25) is 5.13 Å². The number of aliphatic hydroxyl groups excluding tert-OH is 1. The van der Waals surface area contributed by atoms with Gasteiger partial charge in [-0.3, -0.25) is 14.5 Å². The summed E-state index contributed by atoms with van der Waals surface area (Å²) in [6.45, 7) is 6.53. The molecule has 0 radical (unpaired) electrons. The molecular weight excluding hydrogens is 482 g/mol. The molecule has 188 valence electrons. The molecule has 1 atom stereocenters. The standard InChI is InChI=1S/C26H27N3O6S/c1-5-13-35-19-12-9-17(14-20(19)34-6-2)22-21(23(30)16-7-10-18(33-4)11-8-16)24(31)25(32)29(22)26-28-27-15(3)36-26/h7-12,14,22,30H,5-6,13H2,1-4H3/b23-21+. The van der Waals surface area contributed by atoms with E-state index in [0.29, 0.717) is 46.6 Å². The van der Waals surface area contributed by atoms with E-state index in [1.807, 2.05) is 13.8 Å². The number of nitrogens with zero attached hydrogens (tertiary/aromatic N) is 3. The highest BCUT2D eigenvalue weighted by Gasteiger charge is 2.48. The maximum Gasteiger partial charge on any atom is 0.301 e. The number of carbonyl (C=O) groups is 2. The lowest BCUT2D eigenvalue weighted by Gasteiger charge is -2.23. The molecule has 0 saturated carbocycles. The minimum absolute atomic E-state index is 0.0531. The Kier molecular flexibility index (Phi) is 7.54. The highest BCUT2D eigenvalue weighted by molar-refractivity contribution is 7.15. The quantitative estimate of drug-likeness (QED) is 0.252. The van der Waals surface area contributed by atoms with Gasteiger partial charge < -0.3 is 19.3 Å². The Morgan fingerprint density at radius 3 is 2.42 bits per heavy atom. The lowest BCUT2D eigenvalue weighted by Crippen LogP contribution is -2.29. The third-order valence-corrected chi connectivity index (χ3v) is 6.41. The molecule has 9 nitrogen and oxygen atoms in total. The Bertz CT molecular complexity index is 1300. The second-order valence-corrected chi connectivity index (χ2v) is 9.15. The smallest absolute Gasteiger partial charge is 0.301 e. The molecule has 1 aliphatic rings. The predicted octanol–water partition coefficient (Wildman–Crippen LogP) is 4.67. The lowest BCUT2D eigenvalue weighted by atomic mass is 9.95. The first-order valence-corrected chi connectivity index (χ1v) is 12.4. The number of methoxy groups -OCH3 is 1. The Labute approximate surface area is 212 Å². The van der Waals surface area contributed by atoms with Gasteiger partial charge in [0, 0.05) is 5.56 Å². The SMILES string of the molecule is CCCOc1ccc(C2/C(=C(\O)c3ccc(OC)cc3)C(=O)C(=O)N2c2nnc(C)s2)cc1OCC. The van der Waals surface area contributed by atoms with Gasteiger partial charge in [-0.15, -0.1) is 10.2 Å². The zero-order valence-electron chi connectivity index (χ0n) is 20.5. The van der Waals surface area contributed by atoms with Crippen LogP contribution in [0.1, 0.15) is 42.4 Å².